The summed E-state index contributed by atoms with van der Waals surface area (Å²) in [5, 5.41) is 7.90. The maximum Gasteiger partial charge on any atom is 0.223 e. The number of hydrogen-bond acceptors (Lipinski definition) is 5. The van der Waals surface area contributed by atoms with Crippen LogP contribution in [0.2, 0.25) is 0 Å². The Bertz CT molecular complexity index is 391. The number of aliphatic hydroxyl groups excluding tert-OH is 1. The van der Waals surface area contributed by atoms with Gasteiger partial charge in [-0.15, -0.1) is 0 Å². The number of nitrogens with two attached hydrogens (primary N) is 1. The minimum atomic E-state index is -3.46. The van der Waals surface area contributed by atoms with E-state index in [4.69, 9.17) is 27.8 Å². The Morgan fingerprint density at radius 2 is 2.11 bits per heavy atom. The number of ether oxygens (including phenoxy) is 1. The van der Waals surface area contributed by atoms with E-state index in [0.717, 1.165) is 0 Å². The van der Waals surface area contributed by atoms with Crippen molar-refractivity contribution in [2.24, 2.45) is 5.73 Å². The van der Waals surface area contributed by atoms with E-state index in [1.807, 2.05) is 0 Å². The fourth-order valence-electron chi connectivity index (χ4n) is 2.21. The summed E-state index contributed by atoms with van der Waals surface area (Å²) in [5.74, 6) is 0. The summed E-state index contributed by atoms with van der Waals surface area (Å²) in [6.45, 7) is 2.87. The molecule has 0 bridgehead atoms. The molecule has 0 radical (unpaired) electrons. The maximum atomic E-state index is 12.4. The monoisotopic (exact) mass is 310 g/mol. The van der Waals surface area contributed by atoms with Crippen molar-refractivity contribution in [3.8, 4) is 0 Å². The molecule has 0 aromatic carbocycles. The van der Waals surface area contributed by atoms with Crippen LogP contribution in [-0.2, 0) is 14.8 Å². The molecule has 1 fully saturated rings. The molecule has 0 aromatic rings. The van der Waals surface area contributed by atoms with Crippen molar-refractivity contribution in [2.45, 2.75) is 37.5 Å². The summed E-state index contributed by atoms with van der Waals surface area (Å²) >= 11 is 4.83. The molecule has 0 saturated carbocycles. The molecule has 0 spiro atoms. The normalized spacial score (nSPS) is 20.3. The lowest BCUT2D eigenvalue weighted by molar-refractivity contribution is 0.00314. The fraction of sp³-hybridized carbons (Fsp3) is 0.909. The molecule has 1 aliphatic rings. The lowest BCUT2D eigenvalue weighted by Gasteiger charge is -2.33. The van der Waals surface area contributed by atoms with Crippen LogP contribution in [0.15, 0.2) is 0 Å². The van der Waals surface area contributed by atoms with E-state index in [1.54, 1.807) is 6.92 Å². The van der Waals surface area contributed by atoms with Crippen LogP contribution in [0.4, 0.5) is 0 Å². The van der Waals surface area contributed by atoms with Crippen LogP contribution in [0.3, 0.4) is 0 Å². The molecule has 1 atom stereocenters. The van der Waals surface area contributed by atoms with E-state index in [1.165, 1.54) is 4.31 Å². The van der Waals surface area contributed by atoms with E-state index >= 15 is 0 Å². The molecule has 8 heteroatoms. The molecular formula is C11H22N2O4S2. The van der Waals surface area contributed by atoms with Crippen molar-refractivity contribution >= 4 is 27.2 Å². The van der Waals surface area contributed by atoms with Gasteiger partial charge in [-0.3, -0.25) is 0 Å². The lowest BCUT2D eigenvalue weighted by Crippen LogP contribution is -2.48. The topological polar surface area (TPSA) is 92.9 Å². The van der Waals surface area contributed by atoms with Crippen LogP contribution in [-0.4, -0.2) is 60.5 Å². The SMILES string of the molecule is CCC(C(N)=S)S(=O)(=O)N1CCC(OCCO)CC1. The Hall–Kier alpha value is -0.280. The predicted octanol–water partition coefficient (Wildman–Crippen LogP) is -0.146. The maximum absolute atomic E-state index is 12.4. The Morgan fingerprint density at radius 3 is 2.53 bits per heavy atom. The Morgan fingerprint density at radius 1 is 1.53 bits per heavy atom. The third-order valence-corrected chi connectivity index (χ3v) is 6.08. The first-order valence-corrected chi connectivity index (χ1v) is 8.35. The van der Waals surface area contributed by atoms with E-state index in [9.17, 15) is 8.42 Å². The standard InChI is InChI=1S/C11H22N2O4S2/c1-2-10(11(12)18)19(15,16)13-5-3-9(4-6-13)17-8-7-14/h9-10,14H,2-8H2,1H3,(H2,12,18). The first-order chi connectivity index (χ1) is 8.93. The molecule has 19 heavy (non-hydrogen) atoms. The summed E-state index contributed by atoms with van der Waals surface area (Å²) in [5.41, 5.74) is 5.51. The van der Waals surface area contributed by atoms with Crippen LogP contribution in [0, 0.1) is 0 Å². The Labute approximate surface area is 120 Å². The first-order valence-electron chi connectivity index (χ1n) is 6.44. The molecule has 1 unspecified atom stereocenters. The van der Waals surface area contributed by atoms with Crippen LogP contribution in [0.5, 0.6) is 0 Å². The molecule has 0 aliphatic carbocycles. The van der Waals surface area contributed by atoms with Gasteiger partial charge in [0.25, 0.3) is 0 Å². The van der Waals surface area contributed by atoms with Gasteiger partial charge in [0.2, 0.25) is 10.0 Å². The zero-order chi connectivity index (χ0) is 14.5. The molecule has 1 rings (SSSR count). The van der Waals surface area contributed by atoms with Crippen molar-refractivity contribution in [3.63, 3.8) is 0 Å². The molecule has 3 N–H and O–H groups in total. The van der Waals surface area contributed by atoms with Crippen LogP contribution >= 0.6 is 12.2 Å². The zero-order valence-electron chi connectivity index (χ0n) is 11.1. The third-order valence-electron chi connectivity index (χ3n) is 3.25. The van der Waals surface area contributed by atoms with Gasteiger partial charge in [0.1, 0.15) is 5.25 Å². The predicted molar refractivity (Wildman–Crippen MR) is 77.4 cm³/mol. The second-order valence-electron chi connectivity index (χ2n) is 4.54. The Kier molecular flexibility index (Phi) is 6.61. The minimum absolute atomic E-state index is 0.0160. The summed E-state index contributed by atoms with van der Waals surface area (Å²) in [4.78, 5) is 0.0288. The number of aliphatic hydroxyl groups is 1. The zero-order valence-corrected chi connectivity index (χ0v) is 12.8. The molecule has 0 aromatic heterocycles. The van der Waals surface area contributed by atoms with Crippen molar-refractivity contribution in [1.82, 2.24) is 4.31 Å². The van der Waals surface area contributed by atoms with Gasteiger partial charge in [0.05, 0.1) is 24.3 Å². The number of sulfonamides is 1. The minimum Gasteiger partial charge on any atom is -0.394 e. The molecule has 0 amide bonds. The smallest absolute Gasteiger partial charge is 0.223 e. The molecule has 1 saturated heterocycles. The average Bonchev–Trinajstić information content (AvgIpc) is 2.36. The van der Waals surface area contributed by atoms with E-state index in [0.29, 0.717) is 39.0 Å². The van der Waals surface area contributed by atoms with Crippen LogP contribution < -0.4 is 5.73 Å². The molecule has 6 nitrogen and oxygen atoms in total. The highest BCUT2D eigenvalue weighted by Crippen LogP contribution is 2.20. The van der Waals surface area contributed by atoms with Crippen molar-refractivity contribution in [2.75, 3.05) is 26.3 Å². The fourth-order valence-corrected chi connectivity index (χ4v) is 4.54. The van der Waals surface area contributed by atoms with Crippen molar-refractivity contribution in [1.29, 1.82) is 0 Å². The van der Waals surface area contributed by atoms with Crippen LogP contribution in [0.1, 0.15) is 26.2 Å². The van der Waals surface area contributed by atoms with Gasteiger partial charge in [-0.1, -0.05) is 19.1 Å². The highest BCUT2D eigenvalue weighted by Gasteiger charge is 2.35. The number of nitrogens with zero attached hydrogens (tertiary/aromatic N) is 1. The molecule has 1 heterocycles. The van der Waals surface area contributed by atoms with Gasteiger partial charge in [-0.25, -0.2) is 12.7 Å². The van der Waals surface area contributed by atoms with Crippen molar-refractivity contribution < 1.29 is 18.3 Å². The highest BCUT2D eigenvalue weighted by atomic mass is 32.2. The number of rotatable bonds is 7. The summed E-state index contributed by atoms with van der Waals surface area (Å²) in [6, 6.07) is 0. The Balaban J connectivity index is 2.61. The highest BCUT2D eigenvalue weighted by molar-refractivity contribution is 7.92. The average molecular weight is 310 g/mol. The van der Waals surface area contributed by atoms with Gasteiger partial charge in [0, 0.05) is 13.1 Å². The van der Waals surface area contributed by atoms with Gasteiger partial charge >= 0.3 is 0 Å². The lowest BCUT2D eigenvalue weighted by atomic mass is 10.1. The van der Waals surface area contributed by atoms with E-state index in [-0.39, 0.29) is 17.7 Å². The first kappa shape index (κ1) is 16.8. The summed E-state index contributed by atoms with van der Waals surface area (Å²) in [7, 11) is -3.46. The van der Waals surface area contributed by atoms with Gasteiger partial charge in [-0.2, -0.15) is 0 Å². The van der Waals surface area contributed by atoms with E-state index in [2.05, 4.69) is 0 Å². The van der Waals surface area contributed by atoms with Gasteiger partial charge in [0.15, 0.2) is 0 Å². The second-order valence-corrected chi connectivity index (χ2v) is 7.12. The summed E-state index contributed by atoms with van der Waals surface area (Å²) in [6.07, 6.45) is 1.67. The quantitative estimate of drug-likeness (QED) is 0.636. The number of thiocarbonyl (C=S) groups is 1. The summed E-state index contributed by atoms with van der Waals surface area (Å²) < 4.78 is 31.6. The largest absolute Gasteiger partial charge is 0.394 e. The number of hydrogen-bond donors (Lipinski definition) is 2. The second kappa shape index (κ2) is 7.49. The van der Waals surface area contributed by atoms with Crippen LogP contribution in [0.25, 0.3) is 0 Å². The molecule has 112 valence electrons. The van der Waals surface area contributed by atoms with Gasteiger partial charge < -0.3 is 15.6 Å². The van der Waals surface area contributed by atoms with E-state index < -0.39 is 15.3 Å². The van der Waals surface area contributed by atoms with Crippen molar-refractivity contribution in [3.05, 3.63) is 0 Å². The molecule has 1 aliphatic heterocycles. The third kappa shape index (κ3) is 4.35. The van der Waals surface area contributed by atoms with Gasteiger partial charge in [-0.05, 0) is 19.3 Å². The molecular weight excluding hydrogens is 288 g/mol. The number of piperidine rings is 1.